The Kier molecular flexibility index (Phi) is 3.18. The van der Waals surface area contributed by atoms with Gasteiger partial charge in [0.25, 0.3) is 0 Å². The van der Waals surface area contributed by atoms with Crippen molar-refractivity contribution in [1.29, 1.82) is 0 Å². The number of rotatable bonds is 3. The van der Waals surface area contributed by atoms with Crippen molar-refractivity contribution in [1.82, 2.24) is 9.97 Å². The Morgan fingerprint density at radius 2 is 2.00 bits per heavy atom. The number of anilines is 1. The molecule has 0 bridgehead atoms. The first kappa shape index (κ1) is 11.3. The lowest BCUT2D eigenvalue weighted by atomic mass is 10.3. The van der Waals surface area contributed by atoms with E-state index < -0.39 is 5.95 Å². The van der Waals surface area contributed by atoms with E-state index >= 15 is 0 Å². The fraction of sp³-hybridized carbons (Fsp3) is 0.167. The van der Waals surface area contributed by atoms with Crippen LogP contribution in [0.3, 0.4) is 0 Å². The topological polar surface area (TPSA) is 38.2 Å². The van der Waals surface area contributed by atoms with Gasteiger partial charge in [0, 0.05) is 25.8 Å². The zero-order chi connectivity index (χ0) is 12.3. The van der Waals surface area contributed by atoms with E-state index in [0.29, 0.717) is 5.75 Å². The Morgan fingerprint density at radius 3 is 2.71 bits per heavy atom. The summed E-state index contributed by atoms with van der Waals surface area (Å²) in [6, 6.07) is 8.59. The van der Waals surface area contributed by atoms with Crippen LogP contribution in [0.2, 0.25) is 0 Å². The Bertz CT molecular complexity index is 517. The minimum Gasteiger partial charge on any atom is -0.439 e. The summed E-state index contributed by atoms with van der Waals surface area (Å²) in [5.74, 6) is 0.182. The minimum atomic E-state index is -0.612. The standard InChI is InChI=1S/C12H12FN3O/c1-16(2)9-4-3-5-10(6-9)17-12-7-11(13)14-8-15-12/h3-8H,1-2H3. The summed E-state index contributed by atoms with van der Waals surface area (Å²) < 4.78 is 18.3. The van der Waals surface area contributed by atoms with Gasteiger partial charge in [-0.15, -0.1) is 0 Å². The Labute approximate surface area is 98.7 Å². The van der Waals surface area contributed by atoms with Gasteiger partial charge in [-0.25, -0.2) is 9.97 Å². The summed E-state index contributed by atoms with van der Waals surface area (Å²) >= 11 is 0. The van der Waals surface area contributed by atoms with Crippen LogP contribution in [0.15, 0.2) is 36.7 Å². The molecule has 2 rings (SSSR count). The molecule has 0 aliphatic heterocycles. The summed E-state index contributed by atoms with van der Waals surface area (Å²) in [7, 11) is 3.87. The summed E-state index contributed by atoms with van der Waals surface area (Å²) in [6.45, 7) is 0. The van der Waals surface area contributed by atoms with Gasteiger partial charge >= 0.3 is 0 Å². The van der Waals surface area contributed by atoms with Crippen LogP contribution in [-0.4, -0.2) is 24.1 Å². The second-order valence-electron chi connectivity index (χ2n) is 3.67. The molecule has 0 spiro atoms. The molecule has 0 N–H and O–H groups in total. The highest BCUT2D eigenvalue weighted by molar-refractivity contribution is 5.49. The van der Waals surface area contributed by atoms with Gasteiger partial charge in [0.2, 0.25) is 11.8 Å². The molecule has 0 fully saturated rings. The highest BCUT2D eigenvalue weighted by Crippen LogP contribution is 2.23. The molecule has 0 saturated heterocycles. The van der Waals surface area contributed by atoms with Crippen LogP contribution in [0.4, 0.5) is 10.1 Å². The van der Waals surface area contributed by atoms with Crippen LogP contribution >= 0.6 is 0 Å². The molecule has 1 aromatic carbocycles. The first-order valence-electron chi connectivity index (χ1n) is 5.08. The van der Waals surface area contributed by atoms with Gasteiger partial charge in [-0.1, -0.05) is 6.07 Å². The SMILES string of the molecule is CN(C)c1cccc(Oc2cc(F)ncn2)c1. The third-order valence-corrected chi connectivity index (χ3v) is 2.17. The van der Waals surface area contributed by atoms with Crippen molar-refractivity contribution in [3.05, 3.63) is 42.6 Å². The van der Waals surface area contributed by atoms with Crippen molar-refractivity contribution in [3.63, 3.8) is 0 Å². The molecule has 0 saturated carbocycles. The molecule has 88 valence electrons. The van der Waals surface area contributed by atoms with Gasteiger partial charge in [-0.3, -0.25) is 0 Å². The van der Waals surface area contributed by atoms with Gasteiger partial charge in [-0.05, 0) is 12.1 Å². The molecular formula is C12H12FN3O. The van der Waals surface area contributed by atoms with Crippen molar-refractivity contribution in [2.45, 2.75) is 0 Å². The third-order valence-electron chi connectivity index (χ3n) is 2.17. The quantitative estimate of drug-likeness (QED) is 0.763. The molecule has 0 unspecified atom stereocenters. The average Bonchev–Trinajstić information content (AvgIpc) is 2.29. The van der Waals surface area contributed by atoms with Crippen LogP contribution < -0.4 is 9.64 Å². The highest BCUT2D eigenvalue weighted by atomic mass is 19.1. The Hall–Kier alpha value is -2.17. The summed E-state index contributed by atoms with van der Waals surface area (Å²) in [5.41, 5.74) is 0.997. The molecule has 0 radical (unpaired) electrons. The number of halogens is 1. The molecular weight excluding hydrogens is 221 g/mol. The van der Waals surface area contributed by atoms with Crippen molar-refractivity contribution < 1.29 is 9.13 Å². The number of nitrogens with zero attached hydrogens (tertiary/aromatic N) is 3. The minimum absolute atomic E-state index is 0.188. The third kappa shape index (κ3) is 2.90. The van der Waals surface area contributed by atoms with Crippen LogP contribution in [0.25, 0.3) is 0 Å². The molecule has 0 aliphatic carbocycles. The van der Waals surface area contributed by atoms with Crippen molar-refractivity contribution in [2.24, 2.45) is 0 Å². The van der Waals surface area contributed by atoms with Crippen LogP contribution in [0.1, 0.15) is 0 Å². The van der Waals surface area contributed by atoms with Gasteiger partial charge < -0.3 is 9.64 Å². The molecule has 4 nitrogen and oxygen atoms in total. The molecule has 5 heteroatoms. The monoisotopic (exact) mass is 233 g/mol. The average molecular weight is 233 g/mol. The fourth-order valence-corrected chi connectivity index (χ4v) is 1.32. The van der Waals surface area contributed by atoms with Gasteiger partial charge in [-0.2, -0.15) is 4.39 Å². The van der Waals surface area contributed by atoms with Crippen LogP contribution in [0, 0.1) is 5.95 Å². The normalized spacial score (nSPS) is 10.1. The van der Waals surface area contributed by atoms with E-state index in [2.05, 4.69) is 9.97 Å². The largest absolute Gasteiger partial charge is 0.439 e. The maximum atomic E-state index is 12.8. The predicted molar refractivity (Wildman–Crippen MR) is 62.8 cm³/mol. The van der Waals surface area contributed by atoms with E-state index in [-0.39, 0.29) is 5.88 Å². The lowest BCUT2D eigenvalue weighted by Gasteiger charge is -2.13. The molecule has 17 heavy (non-hydrogen) atoms. The van der Waals surface area contributed by atoms with E-state index in [1.54, 1.807) is 6.07 Å². The maximum Gasteiger partial charge on any atom is 0.225 e. The van der Waals surface area contributed by atoms with Crippen molar-refractivity contribution in [2.75, 3.05) is 19.0 Å². The Balaban J connectivity index is 2.21. The number of aromatic nitrogens is 2. The first-order chi connectivity index (χ1) is 8.15. The summed E-state index contributed by atoms with van der Waals surface area (Å²) in [6.07, 6.45) is 1.13. The molecule has 0 atom stereocenters. The lowest BCUT2D eigenvalue weighted by molar-refractivity contribution is 0.450. The smallest absolute Gasteiger partial charge is 0.225 e. The van der Waals surface area contributed by atoms with Crippen LogP contribution in [-0.2, 0) is 0 Å². The van der Waals surface area contributed by atoms with Crippen molar-refractivity contribution >= 4 is 5.69 Å². The number of ether oxygens (including phenoxy) is 1. The van der Waals surface area contributed by atoms with Gasteiger partial charge in [0.05, 0.1) is 6.07 Å². The first-order valence-corrected chi connectivity index (χ1v) is 5.08. The van der Waals surface area contributed by atoms with Gasteiger partial charge in [0.15, 0.2) is 0 Å². The number of hydrogen-bond acceptors (Lipinski definition) is 4. The molecule has 0 amide bonds. The number of hydrogen-bond donors (Lipinski definition) is 0. The summed E-state index contributed by atoms with van der Waals surface area (Å²) in [5, 5.41) is 0. The maximum absolute atomic E-state index is 12.8. The molecule has 0 aliphatic rings. The van der Waals surface area contributed by atoms with E-state index in [0.717, 1.165) is 18.1 Å². The van der Waals surface area contributed by atoms with Crippen molar-refractivity contribution in [3.8, 4) is 11.6 Å². The zero-order valence-electron chi connectivity index (χ0n) is 9.59. The molecule has 2 aromatic rings. The van der Waals surface area contributed by atoms with E-state index in [1.807, 2.05) is 37.2 Å². The lowest BCUT2D eigenvalue weighted by Crippen LogP contribution is -2.08. The Morgan fingerprint density at radius 1 is 1.18 bits per heavy atom. The number of benzene rings is 1. The van der Waals surface area contributed by atoms with Gasteiger partial charge in [0.1, 0.15) is 12.1 Å². The molecule has 1 aromatic heterocycles. The summed E-state index contributed by atoms with van der Waals surface area (Å²) in [4.78, 5) is 9.14. The second kappa shape index (κ2) is 4.78. The fourth-order valence-electron chi connectivity index (χ4n) is 1.32. The van der Waals surface area contributed by atoms with Crippen LogP contribution in [0.5, 0.6) is 11.6 Å². The van der Waals surface area contributed by atoms with E-state index in [1.165, 1.54) is 0 Å². The zero-order valence-corrected chi connectivity index (χ0v) is 9.59. The highest BCUT2D eigenvalue weighted by Gasteiger charge is 2.02. The second-order valence-corrected chi connectivity index (χ2v) is 3.67. The predicted octanol–water partition coefficient (Wildman–Crippen LogP) is 2.47. The molecule has 1 heterocycles. The van der Waals surface area contributed by atoms with E-state index in [9.17, 15) is 4.39 Å². The van der Waals surface area contributed by atoms with E-state index in [4.69, 9.17) is 4.74 Å².